The molecule has 0 radical (unpaired) electrons. The largest absolute Gasteiger partial charge is 0.392 e. The lowest BCUT2D eigenvalue weighted by Crippen LogP contribution is -2.54. The number of nitrogens with one attached hydrogen (secondary N) is 4. The number of aliphatic hydroxyl groups is 1. The summed E-state index contributed by atoms with van der Waals surface area (Å²) in [6, 6.07) is 10.4. The maximum atomic E-state index is 13.1. The highest BCUT2D eigenvalue weighted by atomic mass is 16.3. The van der Waals surface area contributed by atoms with Crippen molar-refractivity contribution >= 4 is 41.0 Å². The summed E-state index contributed by atoms with van der Waals surface area (Å²) >= 11 is 0. The van der Waals surface area contributed by atoms with Gasteiger partial charge < -0.3 is 21.1 Å². The van der Waals surface area contributed by atoms with Crippen LogP contribution in [0, 0.1) is 0 Å². The Hall–Kier alpha value is -4.25. The minimum atomic E-state index is -1.01. The molecule has 11 nitrogen and oxygen atoms in total. The van der Waals surface area contributed by atoms with E-state index in [1.54, 1.807) is 42.5 Å². The Bertz CT molecular complexity index is 1200. The van der Waals surface area contributed by atoms with Crippen LogP contribution in [0.4, 0.5) is 16.2 Å². The number of unbranched alkanes of at least 4 members (excludes halogenated alkanes) is 1. The molecule has 36 heavy (non-hydrogen) atoms. The van der Waals surface area contributed by atoms with Crippen LogP contribution in [-0.2, 0) is 16.2 Å². The molecule has 0 saturated carbocycles. The lowest BCUT2D eigenvalue weighted by Gasteiger charge is -2.27. The van der Waals surface area contributed by atoms with Crippen LogP contribution in [0.3, 0.4) is 0 Å². The average molecular weight is 494 g/mol. The van der Waals surface area contributed by atoms with E-state index in [2.05, 4.69) is 21.3 Å². The van der Waals surface area contributed by atoms with Gasteiger partial charge in [-0.25, -0.2) is 4.79 Å². The van der Waals surface area contributed by atoms with E-state index >= 15 is 0 Å². The summed E-state index contributed by atoms with van der Waals surface area (Å²) in [5, 5.41) is 19.9. The Morgan fingerprint density at radius 1 is 1.00 bits per heavy atom. The number of carbonyl (C=O) groups is 5. The fourth-order valence-electron chi connectivity index (χ4n) is 4.21. The number of aliphatic hydroxyl groups excluding tert-OH is 1. The molecule has 0 aromatic heterocycles. The first-order valence-corrected chi connectivity index (χ1v) is 11.7. The SMILES string of the molecule is O=C1CCC(N2C(=O)c3cccc(NCCCCNC(=O)Nc4ccc(CO)cc4)c3C2=O)C(=O)N1. The molecule has 1 fully saturated rings. The monoisotopic (exact) mass is 493 g/mol. The molecule has 1 atom stereocenters. The van der Waals surface area contributed by atoms with Crippen LogP contribution in [0.25, 0.3) is 0 Å². The Labute approximate surface area is 207 Å². The van der Waals surface area contributed by atoms with Crippen LogP contribution < -0.4 is 21.3 Å². The van der Waals surface area contributed by atoms with Gasteiger partial charge in [0.25, 0.3) is 11.8 Å². The van der Waals surface area contributed by atoms with Gasteiger partial charge in [-0.05, 0) is 49.1 Å². The summed E-state index contributed by atoms with van der Waals surface area (Å²) in [5.74, 6) is -2.17. The Morgan fingerprint density at radius 2 is 1.75 bits per heavy atom. The van der Waals surface area contributed by atoms with E-state index in [1.165, 1.54) is 0 Å². The number of anilines is 2. The predicted octanol–water partition coefficient (Wildman–Crippen LogP) is 1.59. The molecule has 2 aliphatic rings. The van der Waals surface area contributed by atoms with Crippen molar-refractivity contribution in [1.29, 1.82) is 0 Å². The zero-order valence-electron chi connectivity index (χ0n) is 19.5. The predicted molar refractivity (Wildman–Crippen MR) is 130 cm³/mol. The van der Waals surface area contributed by atoms with Gasteiger partial charge in [0, 0.05) is 30.9 Å². The number of fused-ring (bicyclic) bond motifs is 1. The van der Waals surface area contributed by atoms with Crippen molar-refractivity contribution in [3.05, 3.63) is 59.2 Å². The first-order chi connectivity index (χ1) is 17.4. The Balaban J connectivity index is 1.25. The van der Waals surface area contributed by atoms with Gasteiger partial charge in [-0.15, -0.1) is 0 Å². The number of imide groups is 2. The van der Waals surface area contributed by atoms with Gasteiger partial charge in [0.15, 0.2) is 0 Å². The van der Waals surface area contributed by atoms with Crippen LogP contribution in [0.5, 0.6) is 0 Å². The minimum Gasteiger partial charge on any atom is -0.392 e. The summed E-state index contributed by atoms with van der Waals surface area (Å²) in [6.07, 6.45) is 1.53. The lowest BCUT2D eigenvalue weighted by atomic mass is 10.0. The van der Waals surface area contributed by atoms with E-state index in [9.17, 15) is 24.0 Å². The molecule has 2 aromatic rings. The highest BCUT2D eigenvalue weighted by Gasteiger charge is 2.45. The number of rotatable bonds is 9. The van der Waals surface area contributed by atoms with Gasteiger partial charge >= 0.3 is 6.03 Å². The second-order valence-electron chi connectivity index (χ2n) is 8.55. The van der Waals surface area contributed by atoms with Gasteiger partial charge in [0.2, 0.25) is 11.8 Å². The van der Waals surface area contributed by atoms with Crippen LogP contribution in [0.15, 0.2) is 42.5 Å². The molecule has 2 aromatic carbocycles. The van der Waals surface area contributed by atoms with Gasteiger partial charge in [-0.3, -0.25) is 29.4 Å². The molecular weight excluding hydrogens is 466 g/mol. The highest BCUT2D eigenvalue weighted by molar-refractivity contribution is 6.25. The number of urea groups is 1. The molecule has 5 N–H and O–H groups in total. The zero-order chi connectivity index (χ0) is 25.7. The first kappa shape index (κ1) is 24.9. The van der Waals surface area contributed by atoms with Crippen molar-refractivity contribution < 1.29 is 29.1 Å². The molecule has 4 rings (SSSR count). The first-order valence-electron chi connectivity index (χ1n) is 11.7. The van der Waals surface area contributed by atoms with Crippen molar-refractivity contribution in [3.63, 3.8) is 0 Å². The Kier molecular flexibility index (Phi) is 7.59. The van der Waals surface area contributed by atoms with Crippen molar-refractivity contribution in [2.24, 2.45) is 0 Å². The summed E-state index contributed by atoms with van der Waals surface area (Å²) in [4.78, 5) is 62.6. The number of amides is 6. The van der Waals surface area contributed by atoms with E-state index in [1.807, 2.05) is 0 Å². The van der Waals surface area contributed by atoms with Crippen LogP contribution in [0.2, 0.25) is 0 Å². The molecule has 188 valence electrons. The second kappa shape index (κ2) is 11.0. The van der Waals surface area contributed by atoms with Crippen LogP contribution in [-0.4, -0.2) is 58.8 Å². The molecule has 0 spiro atoms. The maximum absolute atomic E-state index is 13.1. The number of piperidine rings is 1. The maximum Gasteiger partial charge on any atom is 0.319 e. The number of hydrogen-bond donors (Lipinski definition) is 5. The summed E-state index contributed by atoms with van der Waals surface area (Å²) in [5.41, 5.74) is 2.32. The standard InChI is InChI=1S/C25H27N5O6/c31-14-15-6-8-16(9-7-15)28-25(36)27-13-2-1-12-26-18-5-3-4-17-21(18)24(35)30(23(17)34)19-10-11-20(32)29-22(19)33/h3-9,19,26,31H,1-2,10-14H2,(H2,27,28,36)(H,29,32,33). The molecular formula is C25H27N5O6. The van der Waals surface area contributed by atoms with Gasteiger partial charge in [-0.2, -0.15) is 0 Å². The number of benzene rings is 2. The van der Waals surface area contributed by atoms with E-state index < -0.39 is 29.7 Å². The number of nitrogens with zero attached hydrogens (tertiary/aromatic N) is 1. The van der Waals surface area contributed by atoms with E-state index in [-0.39, 0.29) is 36.6 Å². The molecule has 0 bridgehead atoms. The highest BCUT2D eigenvalue weighted by Crippen LogP contribution is 2.32. The third-order valence-corrected chi connectivity index (χ3v) is 6.07. The lowest BCUT2D eigenvalue weighted by molar-refractivity contribution is -0.136. The molecule has 11 heteroatoms. The molecule has 0 aliphatic carbocycles. The normalized spacial score (nSPS) is 17.0. The van der Waals surface area contributed by atoms with E-state index in [0.717, 1.165) is 10.5 Å². The topological polar surface area (TPSA) is 157 Å². The van der Waals surface area contributed by atoms with Crippen molar-refractivity contribution in [2.75, 3.05) is 23.7 Å². The fraction of sp³-hybridized carbons (Fsp3) is 0.320. The van der Waals surface area contributed by atoms with Crippen LogP contribution >= 0.6 is 0 Å². The molecule has 2 aliphatic heterocycles. The third-order valence-electron chi connectivity index (χ3n) is 6.07. The van der Waals surface area contributed by atoms with Crippen molar-refractivity contribution in [3.8, 4) is 0 Å². The summed E-state index contributed by atoms with van der Waals surface area (Å²) in [7, 11) is 0. The Morgan fingerprint density at radius 3 is 2.47 bits per heavy atom. The third kappa shape index (κ3) is 5.36. The fourth-order valence-corrected chi connectivity index (χ4v) is 4.21. The van der Waals surface area contributed by atoms with Gasteiger partial charge in [-0.1, -0.05) is 18.2 Å². The quantitative estimate of drug-likeness (QED) is 0.262. The zero-order valence-corrected chi connectivity index (χ0v) is 19.5. The van der Waals surface area contributed by atoms with E-state index in [4.69, 9.17) is 5.11 Å². The van der Waals surface area contributed by atoms with Gasteiger partial charge in [0.05, 0.1) is 17.7 Å². The molecule has 1 saturated heterocycles. The molecule has 1 unspecified atom stereocenters. The number of hydrogen-bond acceptors (Lipinski definition) is 7. The smallest absolute Gasteiger partial charge is 0.319 e. The van der Waals surface area contributed by atoms with Crippen LogP contribution in [0.1, 0.15) is 52.0 Å². The summed E-state index contributed by atoms with van der Waals surface area (Å²) in [6.45, 7) is 0.882. The minimum absolute atomic E-state index is 0.0607. The van der Waals surface area contributed by atoms with Crippen molar-refractivity contribution in [2.45, 2.75) is 38.3 Å². The van der Waals surface area contributed by atoms with Crippen molar-refractivity contribution in [1.82, 2.24) is 15.5 Å². The van der Waals surface area contributed by atoms with Gasteiger partial charge in [0.1, 0.15) is 6.04 Å². The molecule has 6 amide bonds. The second-order valence-corrected chi connectivity index (χ2v) is 8.55. The summed E-state index contributed by atoms with van der Waals surface area (Å²) < 4.78 is 0. The number of carbonyl (C=O) groups excluding carboxylic acids is 5. The van der Waals surface area contributed by atoms with E-state index in [0.29, 0.717) is 37.3 Å². The average Bonchev–Trinajstić information content (AvgIpc) is 3.12. The molecule has 2 heterocycles.